The topological polar surface area (TPSA) is 37.3 Å². The van der Waals surface area contributed by atoms with Crippen LogP contribution in [-0.4, -0.2) is 17.3 Å². The molecule has 2 nitrogen and oxygen atoms in total. The highest BCUT2D eigenvalue weighted by atomic mass is 32.2. The fourth-order valence-corrected chi connectivity index (χ4v) is 1.72. The first kappa shape index (κ1) is 10.9. The summed E-state index contributed by atoms with van der Waals surface area (Å²) in [5, 5.41) is 8.50. The molecule has 0 heterocycles. The molecule has 0 aromatic heterocycles. The molecule has 1 aromatic rings. The standard InChI is InChI=1S/C11H12O2S/c1-14-8-10-5-3-2-4-9(10)6-7-11(12)13/h2-7H,8H2,1H3,(H,12,13)/b7-6+. The number of hydrogen-bond acceptors (Lipinski definition) is 2. The average Bonchev–Trinajstić information content (AvgIpc) is 2.17. The van der Waals surface area contributed by atoms with Gasteiger partial charge in [0.05, 0.1) is 0 Å². The quantitative estimate of drug-likeness (QED) is 0.773. The van der Waals surface area contributed by atoms with E-state index in [1.54, 1.807) is 17.8 Å². The van der Waals surface area contributed by atoms with Crippen LogP contribution in [0.4, 0.5) is 0 Å². The minimum Gasteiger partial charge on any atom is -0.478 e. The molecule has 0 aliphatic rings. The van der Waals surface area contributed by atoms with Crippen LogP contribution in [0.25, 0.3) is 6.08 Å². The van der Waals surface area contributed by atoms with E-state index < -0.39 is 5.97 Å². The van der Waals surface area contributed by atoms with E-state index in [-0.39, 0.29) is 0 Å². The lowest BCUT2D eigenvalue weighted by Gasteiger charge is -2.02. The number of carbonyl (C=O) groups is 1. The Morgan fingerprint density at radius 1 is 1.50 bits per heavy atom. The predicted octanol–water partition coefficient (Wildman–Crippen LogP) is 2.65. The number of thioether (sulfide) groups is 1. The van der Waals surface area contributed by atoms with Crippen molar-refractivity contribution < 1.29 is 9.90 Å². The normalized spacial score (nSPS) is 10.6. The highest BCUT2D eigenvalue weighted by Crippen LogP contribution is 2.15. The summed E-state index contributed by atoms with van der Waals surface area (Å²) in [7, 11) is 0. The van der Waals surface area contributed by atoms with Gasteiger partial charge in [-0.25, -0.2) is 4.79 Å². The molecule has 0 spiro atoms. The zero-order valence-corrected chi connectivity index (χ0v) is 8.75. The van der Waals surface area contributed by atoms with Crippen molar-refractivity contribution >= 4 is 23.8 Å². The maximum atomic E-state index is 10.3. The van der Waals surface area contributed by atoms with Crippen LogP contribution in [0.2, 0.25) is 0 Å². The Morgan fingerprint density at radius 2 is 2.21 bits per heavy atom. The summed E-state index contributed by atoms with van der Waals surface area (Å²) in [6.45, 7) is 0. The smallest absolute Gasteiger partial charge is 0.328 e. The summed E-state index contributed by atoms with van der Waals surface area (Å²) in [6.07, 6.45) is 4.82. The molecule has 0 aliphatic carbocycles. The Labute approximate surface area is 87.6 Å². The van der Waals surface area contributed by atoms with E-state index in [2.05, 4.69) is 0 Å². The Balaban J connectivity index is 2.89. The average molecular weight is 208 g/mol. The van der Waals surface area contributed by atoms with E-state index in [0.717, 1.165) is 16.9 Å². The summed E-state index contributed by atoms with van der Waals surface area (Å²) >= 11 is 1.72. The van der Waals surface area contributed by atoms with Gasteiger partial charge in [-0.1, -0.05) is 24.3 Å². The van der Waals surface area contributed by atoms with Crippen molar-refractivity contribution in [3.63, 3.8) is 0 Å². The van der Waals surface area contributed by atoms with Gasteiger partial charge in [-0.05, 0) is 23.5 Å². The summed E-state index contributed by atoms with van der Waals surface area (Å²) in [5.41, 5.74) is 2.14. The number of benzene rings is 1. The van der Waals surface area contributed by atoms with E-state index in [1.807, 2.05) is 30.5 Å². The van der Waals surface area contributed by atoms with E-state index in [0.29, 0.717) is 0 Å². The SMILES string of the molecule is CSCc1ccccc1/C=C/C(=O)O. The molecular weight excluding hydrogens is 196 g/mol. The van der Waals surface area contributed by atoms with Gasteiger partial charge in [-0.3, -0.25) is 0 Å². The molecule has 0 aliphatic heterocycles. The van der Waals surface area contributed by atoms with Crippen LogP contribution < -0.4 is 0 Å². The van der Waals surface area contributed by atoms with Crippen LogP contribution in [-0.2, 0) is 10.5 Å². The summed E-state index contributed by atoms with van der Waals surface area (Å²) in [4.78, 5) is 10.3. The van der Waals surface area contributed by atoms with Crippen LogP contribution in [0.15, 0.2) is 30.3 Å². The second-order valence-electron chi connectivity index (χ2n) is 2.80. The molecule has 0 saturated carbocycles. The van der Waals surface area contributed by atoms with Crippen molar-refractivity contribution in [2.75, 3.05) is 6.26 Å². The number of hydrogen-bond donors (Lipinski definition) is 1. The minimum atomic E-state index is -0.913. The van der Waals surface area contributed by atoms with Gasteiger partial charge in [-0.15, -0.1) is 0 Å². The van der Waals surface area contributed by atoms with Crippen molar-refractivity contribution in [3.05, 3.63) is 41.5 Å². The molecule has 0 radical (unpaired) electrons. The lowest BCUT2D eigenvalue weighted by atomic mass is 10.1. The van der Waals surface area contributed by atoms with Crippen LogP contribution >= 0.6 is 11.8 Å². The van der Waals surface area contributed by atoms with Gasteiger partial charge < -0.3 is 5.11 Å². The number of carboxylic acids is 1. The molecule has 3 heteroatoms. The molecule has 74 valence electrons. The highest BCUT2D eigenvalue weighted by molar-refractivity contribution is 7.97. The zero-order valence-electron chi connectivity index (χ0n) is 7.93. The van der Waals surface area contributed by atoms with Crippen molar-refractivity contribution in [2.24, 2.45) is 0 Å². The third kappa shape index (κ3) is 3.26. The fraction of sp³-hybridized carbons (Fsp3) is 0.182. The van der Waals surface area contributed by atoms with Crippen molar-refractivity contribution in [2.45, 2.75) is 5.75 Å². The Bertz CT molecular complexity index is 345. The molecule has 0 atom stereocenters. The van der Waals surface area contributed by atoms with Crippen molar-refractivity contribution in [1.29, 1.82) is 0 Å². The molecule has 0 unspecified atom stereocenters. The zero-order chi connectivity index (χ0) is 10.4. The molecule has 0 bridgehead atoms. The van der Waals surface area contributed by atoms with Gasteiger partial charge >= 0.3 is 5.97 Å². The first-order valence-electron chi connectivity index (χ1n) is 4.22. The van der Waals surface area contributed by atoms with E-state index in [4.69, 9.17) is 5.11 Å². The second-order valence-corrected chi connectivity index (χ2v) is 3.67. The van der Waals surface area contributed by atoms with Crippen LogP contribution in [0.5, 0.6) is 0 Å². The van der Waals surface area contributed by atoms with Crippen molar-refractivity contribution in [1.82, 2.24) is 0 Å². The molecule has 1 rings (SSSR count). The Kier molecular flexibility index (Phi) is 4.26. The predicted molar refractivity (Wildman–Crippen MR) is 60.3 cm³/mol. The van der Waals surface area contributed by atoms with Gasteiger partial charge in [0.2, 0.25) is 0 Å². The third-order valence-corrected chi connectivity index (χ3v) is 2.36. The van der Waals surface area contributed by atoms with Crippen LogP contribution in [0.3, 0.4) is 0 Å². The maximum absolute atomic E-state index is 10.3. The molecule has 0 saturated heterocycles. The lowest BCUT2D eigenvalue weighted by Crippen LogP contribution is -1.88. The first-order valence-corrected chi connectivity index (χ1v) is 5.61. The molecular formula is C11H12O2S. The maximum Gasteiger partial charge on any atom is 0.328 e. The summed E-state index contributed by atoms with van der Waals surface area (Å²) in [5.74, 6) is -0.0101. The minimum absolute atomic E-state index is 0.903. The number of rotatable bonds is 4. The van der Waals surface area contributed by atoms with Gasteiger partial charge in [0.25, 0.3) is 0 Å². The second kappa shape index (κ2) is 5.50. The van der Waals surface area contributed by atoms with Crippen LogP contribution in [0, 0.1) is 0 Å². The number of carboxylic acid groups (broad SMARTS) is 1. The molecule has 1 aromatic carbocycles. The molecule has 1 N–H and O–H groups in total. The summed E-state index contributed by atoms with van der Waals surface area (Å²) in [6, 6.07) is 7.80. The lowest BCUT2D eigenvalue weighted by molar-refractivity contribution is -0.131. The number of aliphatic carboxylic acids is 1. The van der Waals surface area contributed by atoms with Gasteiger partial charge in [-0.2, -0.15) is 11.8 Å². The first-order chi connectivity index (χ1) is 6.74. The summed E-state index contributed by atoms with van der Waals surface area (Å²) < 4.78 is 0. The van der Waals surface area contributed by atoms with Gasteiger partial charge in [0.1, 0.15) is 0 Å². The molecule has 0 amide bonds. The molecule has 0 fully saturated rings. The van der Waals surface area contributed by atoms with Crippen molar-refractivity contribution in [3.8, 4) is 0 Å². The van der Waals surface area contributed by atoms with Gasteiger partial charge in [0.15, 0.2) is 0 Å². The monoisotopic (exact) mass is 208 g/mol. The molecule has 14 heavy (non-hydrogen) atoms. The van der Waals surface area contributed by atoms with Crippen LogP contribution in [0.1, 0.15) is 11.1 Å². The third-order valence-electron chi connectivity index (χ3n) is 1.76. The van der Waals surface area contributed by atoms with E-state index in [1.165, 1.54) is 6.08 Å². The Hall–Kier alpha value is -1.22. The fourth-order valence-electron chi connectivity index (χ4n) is 1.14. The highest BCUT2D eigenvalue weighted by Gasteiger charge is 1.97. The Morgan fingerprint density at radius 3 is 2.86 bits per heavy atom. The van der Waals surface area contributed by atoms with E-state index in [9.17, 15) is 4.79 Å². The van der Waals surface area contributed by atoms with E-state index >= 15 is 0 Å². The largest absolute Gasteiger partial charge is 0.478 e. The van der Waals surface area contributed by atoms with Gasteiger partial charge in [0, 0.05) is 11.8 Å².